The van der Waals surface area contributed by atoms with Crippen LogP contribution in [-0.4, -0.2) is 39.3 Å². The highest BCUT2D eigenvalue weighted by Crippen LogP contribution is 2.34. The zero-order valence-electron chi connectivity index (χ0n) is 20.0. The zero-order valence-corrected chi connectivity index (χ0v) is 23.2. The highest BCUT2D eigenvalue weighted by molar-refractivity contribution is 7.92. The van der Waals surface area contributed by atoms with E-state index in [2.05, 4.69) is 16.6 Å². The third-order valence-corrected chi connectivity index (χ3v) is 6.17. The first-order chi connectivity index (χ1) is 16.8. The summed E-state index contributed by atoms with van der Waals surface area (Å²) in [5, 5.41) is 0.473. The van der Waals surface area contributed by atoms with Gasteiger partial charge in [-0.3, -0.25) is 14.3 Å². The van der Waals surface area contributed by atoms with Gasteiger partial charge >= 0.3 is 5.97 Å². The normalized spacial score (nSPS) is 12.3. The molecule has 2 aromatic carbocycles. The fourth-order valence-corrected chi connectivity index (χ4v) is 4.54. The number of amides is 1. The predicted molar refractivity (Wildman–Crippen MR) is 142 cm³/mol. The molecule has 0 saturated carbocycles. The number of benzene rings is 2. The Morgan fingerprint density at radius 2 is 1.86 bits per heavy atom. The first-order valence-corrected chi connectivity index (χ1v) is 13.3. The minimum absolute atomic E-state index is 0.0255. The number of sulfonamides is 1. The van der Waals surface area contributed by atoms with Crippen LogP contribution in [0.25, 0.3) is 0 Å². The Hall–Kier alpha value is -2.74. The summed E-state index contributed by atoms with van der Waals surface area (Å²) < 4.78 is 57.6. The highest BCUT2D eigenvalue weighted by atomic mass is 32.2. The molecule has 0 heterocycles. The largest absolute Gasteiger partial charge is 0.492 e. The van der Waals surface area contributed by atoms with Crippen molar-refractivity contribution in [3.63, 3.8) is 0 Å². The molecule has 196 valence electrons. The summed E-state index contributed by atoms with van der Waals surface area (Å²) >= 11 is 0. The third-order valence-electron chi connectivity index (χ3n) is 4.52. The van der Waals surface area contributed by atoms with E-state index in [9.17, 15) is 22.4 Å². The highest BCUT2D eigenvalue weighted by Gasteiger charge is 2.28. The van der Waals surface area contributed by atoms with Crippen LogP contribution in [0.3, 0.4) is 0 Å². The van der Waals surface area contributed by atoms with Gasteiger partial charge in [-0.05, 0) is 63.0 Å². The Morgan fingerprint density at radius 3 is 2.44 bits per heavy atom. The van der Waals surface area contributed by atoms with E-state index in [0.717, 1.165) is 0 Å². The quantitative estimate of drug-likeness (QED) is 0.173. The van der Waals surface area contributed by atoms with Gasteiger partial charge in [-0.1, -0.05) is 11.6 Å². The van der Waals surface area contributed by atoms with E-state index in [1.807, 2.05) is 18.5 Å². The summed E-state index contributed by atoms with van der Waals surface area (Å²) in [4.78, 5) is 24.5. The van der Waals surface area contributed by atoms with Crippen molar-refractivity contribution in [2.24, 2.45) is 5.92 Å². The number of hydrogen-bond donors (Lipinski definition) is 2. The molecule has 0 spiro atoms. The fraction of sp³-hybridized carbons (Fsp3) is 0.304. The van der Waals surface area contributed by atoms with Gasteiger partial charge in [0.25, 0.3) is 15.4 Å². The first-order valence-electron chi connectivity index (χ1n) is 10.6. The van der Waals surface area contributed by atoms with Crippen LogP contribution in [0.5, 0.6) is 11.5 Å². The van der Waals surface area contributed by atoms with Gasteiger partial charge < -0.3 is 19.5 Å². The number of alkyl halides is 1. The van der Waals surface area contributed by atoms with Crippen molar-refractivity contribution in [1.82, 2.24) is 0 Å². The Balaban J connectivity index is 2.32. The maximum absolute atomic E-state index is 13.7. The van der Waals surface area contributed by atoms with Crippen LogP contribution in [0.4, 0.5) is 15.8 Å². The molecular weight excluding hydrogens is 529 g/mol. The van der Waals surface area contributed by atoms with Gasteiger partial charge in [-0.2, -0.15) is 4.39 Å². The van der Waals surface area contributed by atoms with Gasteiger partial charge in [-0.15, -0.1) is 6.58 Å². The SMILES string of the molecule is C=C(C)CC(C(=O)Nc1ccc(S(=O)(=O)Nc2cccc(OC(F)(P)P)c2)c(OCC)c1)C(=O)OC. The number of anilines is 2. The maximum Gasteiger partial charge on any atom is 0.318 e. The lowest BCUT2D eigenvalue weighted by Crippen LogP contribution is -2.30. The third kappa shape index (κ3) is 8.73. The van der Waals surface area contributed by atoms with Crippen LogP contribution < -0.4 is 19.5 Å². The van der Waals surface area contributed by atoms with E-state index in [1.54, 1.807) is 13.8 Å². The van der Waals surface area contributed by atoms with E-state index in [4.69, 9.17) is 14.2 Å². The van der Waals surface area contributed by atoms with Crippen molar-refractivity contribution in [2.45, 2.75) is 30.5 Å². The van der Waals surface area contributed by atoms with Gasteiger partial charge in [0.15, 0.2) is 0 Å². The monoisotopic (exact) mass is 558 g/mol. The first kappa shape index (κ1) is 29.5. The molecule has 13 heteroatoms. The standard InChI is InChI=1S/C23H29FN2O7P2S/c1-5-32-19-13-15(25-21(27)18(11-14(2)3)22(28)31-4)9-10-20(19)36(29,30)26-16-7-6-8-17(12-16)33-23(24,34)35/h6-10,12-13,18,26H,2,5,11,34-35H2,1,3-4H3,(H,25,27). The van der Waals surface area contributed by atoms with Crippen LogP contribution in [0.15, 0.2) is 59.5 Å². The number of carbonyl (C=O) groups excluding carboxylic acids is 2. The minimum atomic E-state index is -4.15. The van der Waals surface area contributed by atoms with Gasteiger partial charge in [0.2, 0.25) is 5.91 Å². The second-order valence-corrected chi connectivity index (χ2v) is 11.6. The van der Waals surface area contributed by atoms with Crippen LogP contribution in [-0.2, 0) is 24.3 Å². The summed E-state index contributed by atoms with van der Waals surface area (Å²) in [6, 6.07) is 9.72. The predicted octanol–water partition coefficient (Wildman–Crippen LogP) is 4.29. The number of hydrogen-bond acceptors (Lipinski definition) is 7. The van der Waals surface area contributed by atoms with E-state index < -0.39 is 33.2 Å². The van der Waals surface area contributed by atoms with Crippen LogP contribution >= 0.6 is 18.5 Å². The molecular formula is C23H29FN2O7P2S. The molecule has 2 aromatic rings. The lowest BCUT2D eigenvalue weighted by molar-refractivity contribution is -0.148. The average molecular weight is 559 g/mol. The number of nitrogens with one attached hydrogen (secondary N) is 2. The molecule has 0 aliphatic rings. The topological polar surface area (TPSA) is 120 Å². The fourth-order valence-electron chi connectivity index (χ4n) is 3.09. The zero-order chi connectivity index (χ0) is 27.1. The number of esters is 1. The molecule has 0 saturated heterocycles. The van der Waals surface area contributed by atoms with Crippen molar-refractivity contribution in [2.75, 3.05) is 23.8 Å². The number of carbonyl (C=O) groups is 2. The Labute approximate surface area is 214 Å². The van der Waals surface area contributed by atoms with Gasteiger partial charge in [0.1, 0.15) is 22.3 Å². The Morgan fingerprint density at radius 1 is 1.17 bits per heavy atom. The molecule has 0 aliphatic carbocycles. The molecule has 2 rings (SSSR count). The minimum Gasteiger partial charge on any atom is -0.492 e. The van der Waals surface area contributed by atoms with Crippen molar-refractivity contribution in [3.05, 3.63) is 54.6 Å². The van der Waals surface area contributed by atoms with Crippen LogP contribution in [0.1, 0.15) is 20.3 Å². The maximum atomic E-state index is 13.7. The van der Waals surface area contributed by atoms with Crippen molar-refractivity contribution in [1.29, 1.82) is 0 Å². The molecule has 3 unspecified atom stereocenters. The number of methoxy groups -OCH3 is 1. The second-order valence-electron chi connectivity index (χ2n) is 7.75. The number of allylic oxidation sites excluding steroid dienone is 1. The molecule has 2 N–H and O–H groups in total. The molecule has 0 aromatic heterocycles. The van der Waals surface area contributed by atoms with Gasteiger partial charge in [0, 0.05) is 17.8 Å². The smallest absolute Gasteiger partial charge is 0.318 e. The number of rotatable bonds is 12. The van der Waals surface area contributed by atoms with E-state index >= 15 is 0 Å². The molecule has 3 atom stereocenters. The van der Waals surface area contributed by atoms with Crippen LogP contribution in [0, 0.1) is 5.92 Å². The summed E-state index contributed by atoms with van der Waals surface area (Å²) in [6.07, 6.45) is 0.0902. The van der Waals surface area contributed by atoms with Gasteiger partial charge in [-0.25, -0.2) is 8.42 Å². The van der Waals surface area contributed by atoms with E-state index in [1.165, 1.54) is 49.6 Å². The summed E-state index contributed by atoms with van der Waals surface area (Å²) in [5.41, 5.74) is 0.964. The van der Waals surface area contributed by atoms with Crippen molar-refractivity contribution < 1.29 is 36.6 Å². The molecule has 9 nitrogen and oxygen atoms in total. The summed E-state index contributed by atoms with van der Waals surface area (Å²) in [7, 11) is 0.729. The summed E-state index contributed by atoms with van der Waals surface area (Å²) in [5.74, 6) is -2.40. The van der Waals surface area contributed by atoms with Gasteiger partial charge in [0.05, 0.1) is 19.4 Å². The average Bonchev–Trinajstić information content (AvgIpc) is 2.75. The number of ether oxygens (including phenoxy) is 3. The Kier molecular flexibility index (Phi) is 10.2. The van der Waals surface area contributed by atoms with E-state index in [-0.39, 0.29) is 40.8 Å². The molecule has 0 bridgehead atoms. The van der Waals surface area contributed by atoms with Crippen molar-refractivity contribution in [3.8, 4) is 11.5 Å². The summed E-state index contributed by atoms with van der Waals surface area (Å²) in [6.45, 7) is 7.22. The van der Waals surface area contributed by atoms with Crippen LogP contribution in [0.2, 0.25) is 0 Å². The Bertz CT molecular complexity index is 1230. The molecule has 0 aliphatic heterocycles. The lowest BCUT2D eigenvalue weighted by Gasteiger charge is -2.18. The molecule has 36 heavy (non-hydrogen) atoms. The second kappa shape index (κ2) is 12.5. The molecule has 0 fully saturated rings. The number of halogens is 1. The molecule has 0 radical (unpaired) electrons. The van der Waals surface area contributed by atoms with Crippen molar-refractivity contribution >= 4 is 51.8 Å². The van der Waals surface area contributed by atoms with E-state index in [0.29, 0.717) is 5.57 Å². The molecule has 1 amide bonds. The lowest BCUT2D eigenvalue weighted by atomic mass is 10.00.